The lowest BCUT2D eigenvalue weighted by molar-refractivity contribution is -0.134. The summed E-state index contributed by atoms with van der Waals surface area (Å²) in [6.07, 6.45) is 12.3. The van der Waals surface area contributed by atoms with Crippen LogP contribution in [0.3, 0.4) is 0 Å². The fraction of sp³-hybridized carbons (Fsp3) is 0.952. The van der Waals surface area contributed by atoms with Crippen LogP contribution in [0.4, 0.5) is 0 Å². The van der Waals surface area contributed by atoms with E-state index in [4.69, 9.17) is 0 Å². The summed E-state index contributed by atoms with van der Waals surface area (Å²) >= 11 is 0. The van der Waals surface area contributed by atoms with E-state index in [0.717, 1.165) is 42.9 Å². The zero-order valence-electron chi connectivity index (χ0n) is 14.9. The number of aliphatic hydroxyl groups excluding tert-OH is 1. The Bertz CT molecular complexity index is 510. The van der Waals surface area contributed by atoms with Crippen LogP contribution in [0, 0.1) is 51.8 Å². The zero-order chi connectivity index (χ0) is 16.2. The lowest BCUT2D eigenvalue weighted by Crippen LogP contribution is -2.54. The van der Waals surface area contributed by atoms with E-state index >= 15 is 0 Å². The Morgan fingerprint density at radius 1 is 1.04 bits per heavy atom. The minimum atomic E-state index is -0.0421. The number of nitriles is 1. The molecule has 4 fully saturated rings. The SMILES string of the molecule is CC[C@]12CC[C@@H](O)C[C@@H]1CC[C@H]1[C@@H]3CC[C@H](C#N)[C@@]3(C)CC[C@@H]12. The molecule has 4 rings (SSSR count). The molecule has 2 nitrogen and oxygen atoms in total. The second kappa shape index (κ2) is 5.48. The van der Waals surface area contributed by atoms with Gasteiger partial charge >= 0.3 is 0 Å². The predicted octanol–water partition coefficient (Wildman–Crippen LogP) is 4.92. The molecule has 0 aromatic carbocycles. The van der Waals surface area contributed by atoms with Gasteiger partial charge < -0.3 is 5.11 Å². The molecule has 0 radical (unpaired) electrons. The van der Waals surface area contributed by atoms with Crippen molar-refractivity contribution < 1.29 is 5.11 Å². The molecule has 4 aliphatic rings. The highest BCUT2D eigenvalue weighted by molar-refractivity contribution is 5.13. The van der Waals surface area contributed by atoms with Crippen molar-refractivity contribution in [2.75, 3.05) is 0 Å². The van der Waals surface area contributed by atoms with Crippen molar-refractivity contribution in [2.24, 2.45) is 40.4 Å². The van der Waals surface area contributed by atoms with Crippen LogP contribution in [-0.4, -0.2) is 11.2 Å². The van der Waals surface area contributed by atoms with Gasteiger partial charge in [-0.3, -0.25) is 0 Å². The standard InChI is InChI=1S/C21H33NO/c1-3-21-11-8-16(23)12-14(21)4-6-17-18-7-5-15(13-22)20(18,2)10-9-19(17)21/h14-19,23H,3-12H2,1-2H3/t14-,15+,16+,17-,18-,19-,20+,21-/m0/s1. The van der Waals surface area contributed by atoms with Crippen LogP contribution in [0.5, 0.6) is 0 Å². The van der Waals surface area contributed by atoms with E-state index in [1.165, 1.54) is 44.9 Å². The molecule has 8 atom stereocenters. The Labute approximate surface area is 141 Å². The molecule has 128 valence electrons. The topological polar surface area (TPSA) is 44.0 Å². The number of hydrogen-bond donors (Lipinski definition) is 1. The Morgan fingerprint density at radius 3 is 2.61 bits per heavy atom. The zero-order valence-corrected chi connectivity index (χ0v) is 14.9. The van der Waals surface area contributed by atoms with Gasteiger partial charge in [0.25, 0.3) is 0 Å². The molecule has 0 amide bonds. The Morgan fingerprint density at radius 2 is 1.87 bits per heavy atom. The normalized spacial score (nSPS) is 55.4. The second-order valence-electron chi connectivity index (χ2n) is 9.47. The highest BCUT2D eigenvalue weighted by Crippen LogP contribution is 2.68. The summed E-state index contributed by atoms with van der Waals surface area (Å²) in [5.74, 6) is 3.59. The Balaban J connectivity index is 1.65. The molecule has 0 heterocycles. The first-order valence-corrected chi connectivity index (χ1v) is 10.1. The lowest BCUT2D eigenvalue weighted by Gasteiger charge is -2.61. The molecule has 0 aromatic heterocycles. The number of nitrogens with zero attached hydrogens (tertiary/aromatic N) is 1. The maximum atomic E-state index is 10.2. The molecule has 0 bridgehead atoms. The van der Waals surface area contributed by atoms with E-state index in [0.29, 0.717) is 16.7 Å². The summed E-state index contributed by atoms with van der Waals surface area (Å²) in [6, 6.07) is 2.65. The van der Waals surface area contributed by atoms with Gasteiger partial charge in [0.1, 0.15) is 0 Å². The van der Waals surface area contributed by atoms with Gasteiger partial charge in [-0.25, -0.2) is 0 Å². The third kappa shape index (κ3) is 2.08. The number of fused-ring (bicyclic) bond motifs is 5. The fourth-order valence-electron chi connectivity index (χ4n) is 7.95. The van der Waals surface area contributed by atoms with Gasteiger partial charge in [-0.15, -0.1) is 0 Å². The molecule has 1 N–H and O–H groups in total. The highest BCUT2D eigenvalue weighted by Gasteiger charge is 2.60. The quantitative estimate of drug-likeness (QED) is 0.746. The van der Waals surface area contributed by atoms with Crippen molar-refractivity contribution >= 4 is 0 Å². The van der Waals surface area contributed by atoms with Gasteiger partial charge in [0, 0.05) is 0 Å². The summed E-state index contributed by atoms with van der Waals surface area (Å²) in [7, 11) is 0. The van der Waals surface area contributed by atoms with Crippen LogP contribution in [-0.2, 0) is 0 Å². The maximum Gasteiger partial charge on any atom is 0.0661 e. The predicted molar refractivity (Wildman–Crippen MR) is 91.5 cm³/mol. The van der Waals surface area contributed by atoms with Crippen molar-refractivity contribution in [3.05, 3.63) is 0 Å². The average Bonchev–Trinajstić information content (AvgIpc) is 2.90. The van der Waals surface area contributed by atoms with E-state index in [1.807, 2.05) is 0 Å². The van der Waals surface area contributed by atoms with Gasteiger partial charge in [-0.1, -0.05) is 13.8 Å². The van der Waals surface area contributed by atoms with Crippen molar-refractivity contribution in [2.45, 2.75) is 84.2 Å². The van der Waals surface area contributed by atoms with Gasteiger partial charge in [0.05, 0.1) is 18.1 Å². The third-order valence-corrected chi connectivity index (χ3v) is 9.15. The van der Waals surface area contributed by atoms with Crippen LogP contribution in [0.25, 0.3) is 0 Å². The molecular weight excluding hydrogens is 282 g/mol. The summed E-state index contributed by atoms with van der Waals surface area (Å²) in [5, 5.41) is 19.8. The summed E-state index contributed by atoms with van der Waals surface area (Å²) in [6.45, 7) is 4.84. The summed E-state index contributed by atoms with van der Waals surface area (Å²) in [5.41, 5.74) is 0.806. The van der Waals surface area contributed by atoms with Gasteiger partial charge in [-0.2, -0.15) is 5.26 Å². The van der Waals surface area contributed by atoms with E-state index in [2.05, 4.69) is 19.9 Å². The average molecular weight is 316 g/mol. The van der Waals surface area contributed by atoms with Crippen LogP contribution in [0.2, 0.25) is 0 Å². The molecule has 0 spiro atoms. The molecule has 0 aliphatic heterocycles. The first kappa shape index (κ1) is 15.9. The van der Waals surface area contributed by atoms with Crippen molar-refractivity contribution in [1.82, 2.24) is 0 Å². The van der Waals surface area contributed by atoms with Crippen LogP contribution >= 0.6 is 0 Å². The summed E-state index contributed by atoms with van der Waals surface area (Å²) in [4.78, 5) is 0. The minimum Gasteiger partial charge on any atom is -0.393 e. The van der Waals surface area contributed by atoms with Crippen LogP contribution in [0.15, 0.2) is 0 Å². The number of aliphatic hydroxyl groups is 1. The monoisotopic (exact) mass is 315 g/mol. The van der Waals surface area contributed by atoms with Crippen LogP contribution in [0.1, 0.15) is 78.1 Å². The summed E-state index contributed by atoms with van der Waals surface area (Å²) < 4.78 is 0. The molecule has 0 unspecified atom stereocenters. The molecular formula is C21H33NO. The third-order valence-electron chi connectivity index (χ3n) is 9.15. The van der Waals surface area contributed by atoms with Gasteiger partial charge in [-0.05, 0) is 98.7 Å². The first-order chi connectivity index (χ1) is 11.0. The molecule has 4 saturated carbocycles. The maximum absolute atomic E-state index is 10.2. The number of rotatable bonds is 1. The first-order valence-electron chi connectivity index (χ1n) is 10.1. The number of hydrogen-bond acceptors (Lipinski definition) is 2. The van der Waals surface area contributed by atoms with Crippen molar-refractivity contribution in [3.8, 4) is 6.07 Å². The Kier molecular flexibility index (Phi) is 3.80. The fourth-order valence-corrected chi connectivity index (χ4v) is 7.95. The van der Waals surface area contributed by atoms with Gasteiger partial charge in [0.2, 0.25) is 0 Å². The van der Waals surface area contributed by atoms with Crippen LogP contribution < -0.4 is 0 Å². The van der Waals surface area contributed by atoms with Gasteiger partial charge in [0.15, 0.2) is 0 Å². The molecule has 0 saturated heterocycles. The van der Waals surface area contributed by atoms with E-state index in [1.54, 1.807) is 0 Å². The molecule has 2 heteroatoms. The minimum absolute atomic E-state index is 0.0421. The Hall–Kier alpha value is -0.550. The van der Waals surface area contributed by atoms with E-state index in [-0.39, 0.29) is 6.10 Å². The highest BCUT2D eigenvalue weighted by atomic mass is 16.3. The molecule has 23 heavy (non-hydrogen) atoms. The largest absolute Gasteiger partial charge is 0.393 e. The van der Waals surface area contributed by atoms with E-state index in [9.17, 15) is 10.4 Å². The second-order valence-corrected chi connectivity index (χ2v) is 9.47. The van der Waals surface area contributed by atoms with Crippen molar-refractivity contribution in [3.63, 3.8) is 0 Å². The smallest absolute Gasteiger partial charge is 0.0661 e. The van der Waals surface area contributed by atoms with E-state index < -0.39 is 0 Å². The molecule has 4 aliphatic carbocycles. The molecule has 0 aromatic rings. The van der Waals surface area contributed by atoms with Crippen molar-refractivity contribution in [1.29, 1.82) is 5.26 Å². The lowest BCUT2D eigenvalue weighted by atomic mass is 9.43.